The van der Waals surface area contributed by atoms with Crippen LogP contribution in [0.3, 0.4) is 0 Å². The van der Waals surface area contributed by atoms with Crippen molar-refractivity contribution in [1.29, 1.82) is 0 Å². The summed E-state index contributed by atoms with van der Waals surface area (Å²) in [6.45, 7) is 20.3. The summed E-state index contributed by atoms with van der Waals surface area (Å²) in [7, 11) is 1.67. The van der Waals surface area contributed by atoms with E-state index in [1.807, 2.05) is 65.8 Å². The van der Waals surface area contributed by atoms with Crippen molar-refractivity contribution in [2.75, 3.05) is 44.0 Å². The van der Waals surface area contributed by atoms with Crippen LogP contribution in [0.4, 0.5) is 16.3 Å². The number of carbonyl (C=O) groups is 6. The Morgan fingerprint density at radius 2 is 1.47 bits per heavy atom. The molecule has 0 saturated carbocycles. The average molecular weight is 1010 g/mol. The Morgan fingerprint density at radius 1 is 0.833 bits per heavy atom. The minimum atomic E-state index is -1.12. The maximum Gasteiger partial charge on any atom is 0.407 e. The van der Waals surface area contributed by atoms with E-state index in [1.54, 1.807) is 59.1 Å². The van der Waals surface area contributed by atoms with Gasteiger partial charge in [-0.1, -0.05) is 99.1 Å². The fourth-order valence-corrected chi connectivity index (χ4v) is 5.68. The smallest absolute Gasteiger partial charge is 0.407 e. The Labute approximate surface area is 422 Å². The number of fused-ring (bicyclic) bond motifs is 1. The number of nitrogens with zero attached hydrogens (tertiary/aromatic N) is 3. The van der Waals surface area contributed by atoms with Crippen LogP contribution in [0, 0.1) is 18.8 Å². The van der Waals surface area contributed by atoms with E-state index in [9.17, 15) is 39.0 Å². The molecule has 2 aromatic heterocycles. The molecule has 12 N–H and O–H groups in total. The molecule has 402 valence electrons. The number of aromatic amines is 1. The zero-order valence-electron chi connectivity index (χ0n) is 43.7. The Bertz CT molecular complexity index is 2170. The third-order valence-electron chi connectivity index (χ3n) is 9.39. The summed E-state index contributed by atoms with van der Waals surface area (Å²) in [5.41, 5.74) is 8.33. The molecule has 1 aliphatic heterocycles. The molecular weight excluding hydrogens is 935 g/mol. The second kappa shape index (κ2) is 36.9. The molecule has 1 saturated heterocycles. The van der Waals surface area contributed by atoms with Gasteiger partial charge in [-0.2, -0.15) is 0 Å². The van der Waals surface area contributed by atoms with Gasteiger partial charge in [0.1, 0.15) is 36.3 Å². The predicted molar refractivity (Wildman–Crippen MR) is 274 cm³/mol. The first-order chi connectivity index (χ1) is 34.4. The number of primary amides is 1. The van der Waals surface area contributed by atoms with Crippen LogP contribution in [0.15, 0.2) is 61.2 Å². The molecule has 3 heterocycles. The van der Waals surface area contributed by atoms with E-state index in [-0.39, 0.29) is 63.4 Å². The Kier molecular flexibility index (Phi) is 33.4. The van der Waals surface area contributed by atoms with Gasteiger partial charge in [0.25, 0.3) is 0 Å². The second-order valence-electron chi connectivity index (χ2n) is 15.5. The molecule has 5 atom stereocenters. The molecule has 2 aromatic carbocycles. The standard InChI is InChI=1S/C24H36N6O7.C11H15N5O4.C8H10O.3C2H6/c1-14(2)21(30-19(32)9-10-26-22(34)15(3)4)23(35)27-12-20(33)29-17-7-5-16(6-8-17)13-37-24(36)28-11-18(25)31;17-2-5-1-6(18)8(19)11(20-5)16-10-7-9(13-3-12-7)14-4-15-10;1-7-3-5-8(9-2)6-4-7;3*1-2/h5-8,14-15,21H,9-13H2,1-4H3,(H2,25,31)(H,26,34)(H,27,35)(H,28,36)(H,29,33)(H,30,32);3-6,8,11,17-19H,1-2H2,(H2,12,13,14,15,16);3-6H,1-2H3;3*1-2H3/t;5-,6?,8-,11?;;;;/m.1..../s1. The SMILES string of the molecule is CC.CC.CC.CC(C)C(=O)NCCC(=O)NC(C(=O)NCC(=O)Nc1ccc(COC(=O)NCC(N)=O)cc1)C(C)C.COc1ccc(C)cc1.OC[C@H]1CC(O)[C@@H](O)C(Nc2ncnc3nc[nH]c23)O1. The number of hydrogen-bond acceptors (Lipinski definition) is 16. The molecule has 0 aliphatic carbocycles. The van der Waals surface area contributed by atoms with Gasteiger partial charge in [0, 0.05) is 31.0 Å². The van der Waals surface area contributed by atoms with Crippen LogP contribution in [-0.2, 0) is 40.1 Å². The number of aliphatic hydroxyl groups is 3. The van der Waals surface area contributed by atoms with Crippen LogP contribution >= 0.6 is 0 Å². The highest BCUT2D eigenvalue weighted by atomic mass is 16.5. The van der Waals surface area contributed by atoms with Crippen molar-refractivity contribution in [3.8, 4) is 5.75 Å². The lowest BCUT2D eigenvalue weighted by atomic mass is 10.0. The number of methoxy groups -OCH3 is 1. The lowest BCUT2D eigenvalue weighted by molar-refractivity contribution is -0.166. The monoisotopic (exact) mass is 1010 g/mol. The van der Waals surface area contributed by atoms with E-state index in [1.165, 1.54) is 18.2 Å². The van der Waals surface area contributed by atoms with Crippen molar-refractivity contribution in [2.45, 2.75) is 126 Å². The number of carbonyl (C=O) groups excluding carboxylic acids is 6. The lowest BCUT2D eigenvalue weighted by Gasteiger charge is -2.36. The normalized spacial score (nSPS) is 15.7. The highest BCUT2D eigenvalue weighted by molar-refractivity contribution is 5.96. The van der Waals surface area contributed by atoms with Crippen LogP contribution in [0.25, 0.3) is 11.2 Å². The van der Waals surface area contributed by atoms with Gasteiger partial charge in [0.2, 0.25) is 29.5 Å². The summed E-state index contributed by atoms with van der Waals surface area (Å²) in [6, 6.07) is 13.6. The third kappa shape index (κ3) is 25.3. The molecule has 1 aliphatic rings. The van der Waals surface area contributed by atoms with Crippen LogP contribution in [0.1, 0.15) is 93.2 Å². The summed E-state index contributed by atoms with van der Waals surface area (Å²) in [5, 5.41) is 44.3. The first-order valence-corrected chi connectivity index (χ1v) is 24.0. The van der Waals surface area contributed by atoms with Crippen LogP contribution in [0.2, 0.25) is 0 Å². The molecule has 0 radical (unpaired) electrons. The number of hydrogen-bond donors (Lipinski definition) is 11. The van der Waals surface area contributed by atoms with Crippen molar-refractivity contribution in [3.63, 3.8) is 0 Å². The minimum Gasteiger partial charge on any atom is -0.497 e. The summed E-state index contributed by atoms with van der Waals surface area (Å²) in [5.74, 6) is -1.33. The molecule has 6 amide bonds. The number of nitrogens with one attached hydrogen (secondary N) is 7. The number of aryl methyl sites for hydroxylation is 1. The Morgan fingerprint density at radius 3 is 2.04 bits per heavy atom. The molecular formula is C49H79N11O12. The fraction of sp³-hybridized carbons (Fsp3) is 0.531. The number of nitrogens with two attached hydrogens (primary N) is 1. The van der Waals surface area contributed by atoms with Crippen LogP contribution in [-0.4, -0.2) is 135 Å². The molecule has 72 heavy (non-hydrogen) atoms. The van der Waals surface area contributed by atoms with Crippen molar-refractivity contribution in [2.24, 2.45) is 17.6 Å². The Hall–Kier alpha value is -6.95. The zero-order chi connectivity index (χ0) is 54.8. The molecule has 3 unspecified atom stereocenters. The maximum absolute atomic E-state index is 12.6. The van der Waals surface area contributed by atoms with Crippen molar-refractivity contribution in [3.05, 3.63) is 72.3 Å². The number of rotatable bonds is 18. The van der Waals surface area contributed by atoms with Crippen molar-refractivity contribution >= 4 is 58.3 Å². The lowest BCUT2D eigenvalue weighted by Crippen LogP contribution is -2.52. The van der Waals surface area contributed by atoms with Gasteiger partial charge in [-0.25, -0.2) is 19.7 Å². The number of benzene rings is 2. The van der Waals surface area contributed by atoms with E-state index in [2.05, 4.69) is 58.8 Å². The number of H-pyrrole nitrogens is 1. The minimum absolute atomic E-state index is 0.0223. The highest BCUT2D eigenvalue weighted by Crippen LogP contribution is 2.24. The van der Waals surface area contributed by atoms with E-state index in [4.69, 9.17) is 25.1 Å². The van der Waals surface area contributed by atoms with Gasteiger partial charge >= 0.3 is 6.09 Å². The summed E-state index contributed by atoms with van der Waals surface area (Å²) in [6.07, 6.45) is -1.28. The molecule has 4 aromatic rings. The van der Waals surface area contributed by atoms with Gasteiger partial charge in [-0.05, 0) is 42.7 Å². The topological polar surface area (TPSA) is 343 Å². The van der Waals surface area contributed by atoms with Gasteiger partial charge < -0.3 is 72.1 Å². The maximum atomic E-state index is 12.6. The van der Waals surface area contributed by atoms with Crippen molar-refractivity contribution < 1.29 is 58.3 Å². The number of imidazole rings is 1. The number of aromatic nitrogens is 4. The largest absolute Gasteiger partial charge is 0.497 e. The van der Waals surface area contributed by atoms with E-state index in [0.717, 1.165) is 5.75 Å². The first kappa shape index (κ1) is 65.0. The number of anilines is 2. The van der Waals surface area contributed by atoms with Gasteiger partial charge in [0.15, 0.2) is 17.7 Å². The number of alkyl carbamates (subject to hydrolysis) is 1. The van der Waals surface area contributed by atoms with Gasteiger partial charge in [0.05, 0.1) is 45.3 Å². The second-order valence-corrected chi connectivity index (χ2v) is 15.5. The average Bonchev–Trinajstić information content (AvgIpc) is 3.88. The molecule has 0 spiro atoms. The number of aliphatic hydroxyl groups excluding tert-OH is 3. The number of amides is 6. The molecule has 1 fully saturated rings. The van der Waals surface area contributed by atoms with E-state index in [0.29, 0.717) is 28.2 Å². The highest BCUT2D eigenvalue weighted by Gasteiger charge is 2.37. The van der Waals surface area contributed by atoms with Crippen LogP contribution < -0.4 is 42.4 Å². The fourth-order valence-electron chi connectivity index (χ4n) is 5.68. The molecule has 0 bridgehead atoms. The van der Waals surface area contributed by atoms with Crippen molar-refractivity contribution in [1.82, 2.24) is 41.2 Å². The predicted octanol–water partition coefficient (Wildman–Crippen LogP) is 3.43. The quantitative estimate of drug-likeness (QED) is 0.0680. The summed E-state index contributed by atoms with van der Waals surface area (Å²) < 4.78 is 15.4. The van der Waals surface area contributed by atoms with E-state index >= 15 is 0 Å². The van der Waals surface area contributed by atoms with Gasteiger partial charge in [-0.15, -0.1) is 0 Å². The summed E-state index contributed by atoms with van der Waals surface area (Å²) in [4.78, 5) is 85.5. The van der Waals surface area contributed by atoms with Gasteiger partial charge in [-0.3, -0.25) is 24.0 Å². The Balaban J connectivity index is 0.00000118. The summed E-state index contributed by atoms with van der Waals surface area (Å²) >= 11 is 0. The third-order valence-corrected chi connectivity index (χ3v) is 9.39. The zero-order valence-corrected chi connectivity index (χ0v) is 43.7. The molecule has 5 rings (SSSR count). The first-order valence-electron chi connectivity index (χ1n) is 24.0. The molecule has 23 nitrogen and oxygen atoms in total. The van der Waals surface area contributed by atoms with E-state index < -0.39 is 60.3 Å². The number of ether oxygens (including phenoxy) is 3. The molecule has 23 heteroatoms. The van der Waals surface area contributed by atoms with Crippen LogP contribution in [0.5, 0.6) is 5.75 Å².